The molecule has 0 spiro atoms. The van der Waals surface area contributed by atoms with Gasteiger partial charge in [0.1, 0.15) is 5.75 Å². The Labute approximate surface area is 132 Å². The van der Waals surface area contributed by atoms with Crippen molar-refractivity contribution >= 4 is 6.03 Å². The van der Waals surface area contributed by atoms with E-state index in [0.29, 0.717) is 6.54 Å². The third-order valence-electron chi connectivity index (χ3n) is 4.66. The number of aryl methyl sites for hydroxylation is 1. The van der Waals surface area contributed by atoms with Gasteiger partial charge in [0.25, 0.3) is 0 Å². The Morgan fingerprint density at radius 1 is 1.50 bits per heavy atom. The number of carbonyl (C=O) groups excluding carboxylic acids is 1. The van der Waals surface area contributed by atoms with Gasteiger partial charge in [-0.1, -0.05) is 25.5 Å². The molecule has 2 amide bonds. The van der Waals surface area contributed by atoms with Gasteiger partial charge in [0, 0.05) is 18.0 Å². The lowest BCUT2D eigenvalue weighted by molar-refractivity contribution is 0.121. The summed E-state index contributed by atoms with van der Waals surface area (Å²) >= 11 is 0. The molecule has 5 heteroatoms. The molecular weight excluding hydrogens is 280 g/mol. The molecule has 0 bridgehead atoms. The fourth-order valence-corrected chi connectivity index (χ4v) is 3.11. The third kappa shape index (κ3) is 3.71. The molecule has 2 unspecified atom stereocenters. The van der Waals surface area contributed by atoms with Gasteiger partial charge in [0.05, 0.1) is 13.7 Å². The Hall–Kier alpha value is -1.75. The summed E-state index contributed by atoms with van der Waals surface area (Å²) in [5.74, 6) is 0.845. The van der Waals surface area contributed by atoms with Crippen LogP contribution in [0.3, 0.4) is 0 Å². The number of amides is 2. The summed E-state index contributed by atoms with van der Waals surface area (Å²) in [5.41, 5.74) is 1.88. The first-order valence-corrected chi connectivity index (χ1v) is 7.77. The molecule has 122 valence electrons. The lowest BCUT2D eigenvalue weighted by atomic mass is 9.86. The number of methoxy groups -OCH3 is 1. The first kappa shape index (κ1) is 16.6. The molecule has 1 saturated carbocycles. The molecule has 0 aromatic heterocycles. The highest BCUT2D eigenvalue weighted by molar-refractivity contribution is 5.74. The largest absolute Gasteiger partial charge is 0.496 e. The van der Waals surface area contributed by atoms with Gasteiger partial charge in [-0.25, -0.2) is 4.79 Å². The van der Waals surface area contributed by atoms with E-state index in [9.17, 15) is 9.90 Å². The lowest BCUT2D eigenvalue weighted by Gasteiger charge is -2.30. The molecule has 1 aliphatic carbocycles. The second kappa shape index (κ2) is 7.01. The van der Waals surface area contributed by atoms with E-state index in [1.165, 1.54) is 0 Å². The molecule has 3 N–H and O–H groups in total. The zero-order chi connectivity index (χ0) is 16.2. The van der Waals surface area contributed by atoms with Crippen LogP contribution in [0.1, 0.15) is 37.3 Å². The van der Waals surface area contributed by atoms with Gasteiger partial charge in [-0.2, -0.15) is 0 Å². The van der Waals surface area contributed by atoms with E-state index in [0.717, 1.165) is 36.1 Å². The van der Waals surface area contributed by atoms with Crippen molar-refractivity contribution in [2.45, 2.75) is 45.7 Å². The molecule has 0 heterocycles. The summed E-state index contributed by atoms with van der Waals surface area (Å²) in [7, 11) is 1.65. The van der Waals surface area contributed by atoms with Gasteiger partial charge >= 0.3 is 6.03 Å². The van der Waals surface area contributed by atoms with E-state index in [2.05, 4.69) is 10.6 Å². The van der Waals surface area contributed by atoms with Crippen LogP contribution in [0.2, 0.25) is 0 Å². The average molecular weight is 306 g/mol. The number of rotatable bonds is 5. The number of ether oxygens (including phenoxy) is 1. The molecular formula is C17H26N2O3. The van der Waals surface area contributed by atoms with Crippen LogP contribution in [0.15, 0.2) is 18.2 Å². The van der Waals surface area contributed by atoms with Gasteiger partial charge < -0.3 is 20.5 Å². The number of nitrogens with one attached hydrogen (secondary N) is 2. The Kier molecular flexibility index (Phi) is 5.29. The quantitative estimate of drug-likeness (QED) is 0.782. The zero-order valence-electron chi connectivity index (χ0n) is 13.6. The third-order valence-corrected chi connectivity index (χ3v) is 4.66. The monoisotopic (exact) mass is 306 g/mol. The SMILES string of the molecule is COc1ccc(CNC(=O)NC2CCCC2(C)CO)cc1C. The Morgan fingerprint density at radius 2 is 2.27 bits per heavy atom. The summed E-state index contributed by atoms with van der Waals surface area (Å²) in [6.07, 6.45) is 2.91. The van der Waals surface area contributed by atoms with E-state index in [1.807, 2.05) is 32.0 Å². The molecule has 2 rings (SSSR count). The van der Waals surface area contributed by atoms with Gasteiger partial charge in [0.2, 0.25) is 0 Å². The predicted octanol–water partition coefficient (Wildman–Crippen LogP) is 2.35. The molecule has 5 nitrogen and oxygen atoms in total. The number of carbonyl (C=O) groups is 1. The number of aliphatic hydroxyl groups excluding tert-OH is 1. The number of hydrogen-bond acceptors (Lipinski definition) is 3. The van der Waals surface area contributed by atoms with Gasteiger partial charge in [-0.3, -0.25) is 0 Å². The van der Waals surface area contributed by atoms with Crippen LogP contribution in [0.25, 0.3) is 0 Å². The van der Waals surface area contributed by atoms with Gasteiger partial charge in [-0.15, -0.1) is 0 Å². The van der Waals surface area contributed by atoms with Gasteiger partial charge in [0.15, 0.2) is 0 Å². The molecule has 2 atom stereocenters. The van der Waals surface area contributed by atoms with Crippen molar-refractivity contribution in [3.05, 3.63) is 29.3 Å². The van der Waals surface area contributed by atoms with Crippen LogP contribution >= 0.6 is 0 Å². The summed E-state index contributed by atoms with van der Waals surface area (Å²) in [6, 6.07) is 5.71. The predicted molar refractivity (Wildman–Crippen MR) is 85.9 cm³/mol. The smallest absolute Gasteiger partial charge is 0.315 e. The first-order valence-electron chi connectivity index (χ1n) is 7.77. The summed E-state index contributed by atoms with van der Waals surface area (Å²) in [5, 5.41) is 15.4. The van der Waals surface area contributed by atoms with Crippen molar-refractivity contribution in [3.63, 3.8) is 0 Å². The molecule has 1 aromatic rings. The van der Waals surface area contributed by atoms with Crippen LogP contribution < -0.4 is 15.4 Å². The highest BCUT2D eigenvalue weighted by atomic mass is 16.5. The number of benzene rings is 1. The van der Waals surface area contributed by atoms with Crippen LogP contribution in [0, 0.1) is 12.3 Å². The van der Waals surface area contributed by atoms with Gasteiger partial charge in [-0.05, 0) is 37.0 Å². The molecule has 1 aliphatic rings. The zero-order valence-corrected chi connectivity index (χ0v) is 13.6. The fourth-order valence-electron chi connectivity index (χ4n) is 3.11. The summed E-state index contributed by atoms with van der Waals surface area (Å²) in [6.45, 7) is 4.58. The Bertz CT molecular complexity index is 533. The number of urea groups is 1. The maximum atomic E-state index is 12.1. The topological polar surface area (TPSA) is 70.6 Å². The van der Waals surface area contributed by atoms with Crippen LogP contribution in [0.5, 0.6) is 5.75 Å². The Balaban J connectivity index is 1.86. The van der Waals surface area contributed by atoms with Crippen molar-refractivity contribution in [3.8, 4) is 5.75 Å². The minimum atomic E-state index is -0.200. The van der Waals surface area contributed by atoms with Crippen molar-refractivity contribution in [2.75, 3.05) is 13.7 Å². The fraction of sp³-hybridized carbons (Fsp3) is 0.588. The van der Waals surface area contributed by atoms with Crippen molar-refractivity contribution in [2.24, 2.45) is 5.41 Å². The molecule has 1 fully saturated rings. The molecule has 0 radical (unpaired) electrons. The highest BCUT2D eigenvalue weighted by Gasteiger charge is 2.39. The highest BCUT2D eigenvalue weighted by Crippen LogP contribution is 2.37. The van der Waals surface area contributed by atoms with Crippen molar-refractivity contribution < 1.29 is 14.6 Å². The second-order valence-corrected chi connectivity index (χ2v) is 6.39. The lowest BCUT2D eigenvalue weighted by Crippen LogP contribution is -2.48. The molecule has 0 aliphatic heterocycles. The maximum absolute atomic E-state index is 12.1. The number of hydrogen-bond donors (Lipinski definition) is 3. The minimum Gasteiger partial charge on any atom is -0.496 e. The maximum Gasteiger partial charge on any atom is 0.315 e. The van der Waals surface area contributed by atoms with Crippen LogP contribution in [-0.4, -0.2) is 30.9 Å². The molecule has 22 heavy (non-hydrogen) atoms. The molecule has 0 saturated heterocycles. The average Bonchev–Trinajstić information content (AvgIpc) is 2.87. The Morgan fingerprint density at radius 3 is 2.91 bits per heavy atom. The van der Waals surface area contributed by atoms with Crippen LogP contribution in [0.4, 0.5) is 4.79 Å². The standard InChI is InChI=1S/C17H26N2O3/c1-12-9-13(6-7-14(12)22-3)10-18-16(21)19-15-5-4-8-17(15,2)11-20/h6-7,9,15,20H,4-5,8,10-11H2,1-3H3,(H2,18,19,21). The number of aliphatic hydroxyl groups is 1. The van der Waals surface area contributed by atoms with E-state index in [-0.39, 0.29) is 24.1 Å². The van der Waals surface area contributed by atoms with Crippen molar-refractivity contribution in [1.82, 2.24) is 10.6 Å². The second-order valence-electron chi connectivity index (χ2n) is 6.39. The molecule has 1 aromatic carbocycles. The van der Waals surface area contributed by atoms with E-state index in [1.54, 1.807) is 7.11 Å². The minimum absolute atomic E-state index is 0.0371. The summed E-state index contributed by atoms with van der Waals surface area (Å²) < 4.78 is 5.23. The van der Waals surface area contributed by atoms with Crippen molar-refractivity contribution in [1.29, 1.82) is 0 Å². The van der Waals surface area contributed by atoms with E-state index >= 15 is 0 Å². The first-order chi connectivity index (χ1) is 10.5. The normalized spacial score (nSPS) is 24.1. The summed E-state index contributed by atoms with van der Waals surface area (Å²) in [4.78, 5) is 12.1. The van der Waals surface area contributed by atoms with E-state index in [4.69, 9.17) is 4.74 Å². The van der Waals surface area contributed by atoms with Crippen LogP contribution in [-0.2, 0) is 6.54 Å². The van der Waals surface area contributed by atoms with E-state index < -0.39 is 0 Å².